The van der Waals surface area contributed by atoms with Crippen LogP contribution in [0.1, 0.15) is 0 Å². The summed E-state index contributed by atoms with van der Waals surface area (Å²) in [4.78, 5) is 0. The molecule has 54 valence electrons. The van der Waals surface area contributed by atoms with Gasteiger partial charge in [-0.1, -0.05) is 0 Å². The fourth-order valence-electron chi connectivity index (χ4n) is 0. The number of hydrogen-bond acceptors (Lipinski definition) is 1. The highest BCUT2D eigenvalue weighted by atomic mass is 33.2. The lowest BCUT2D eigenvalue weighted by molar-refractivity contribution is 1.85. The van der Waals surface area contributed by atoms with Gasteiger partial charge in [-0.05, 0) is 37.5 Å². The van der Waals surface area contributed by atoms with Crippen molar-refractivity contribution in [3.05, 3.63) is 0 Å². The minimum Gasteiger partial charge on any atom is -0.250 e. The molecular weight excluding hydrogens is 136 g/mol. The van der Waals surface area contributed by atoms with Crippen LogP contribution in [0.4, 0.5) is 0 Å². The lowest BCUT2D eigenvalue weighted by Gasteiger charge is -2.64. The largest absolute Gasteiger partial charge is 0.250 e. The molecule has 0 aromatic heterocycles. The third-order valence-electron chi connectivity index (χ3n) is 0.833. The Morgan fingerprint density at radius 2 is 1.00 bits per heavy atom. The summed E-state index contributed by atoms with van der Waals surface area (Å²) >= 11 is 0. The second kappa shape index (κ2) is 1.24. The van der Waals surface area contributed by atoms with E-state index in [1.54, 1.807) is 0 Å². The third-order valence-corrected chi connectivity index (χ3v) is 7.50. The third kappa shape index (κ3) is 6.70. The fourth-order valence-corrected chi connectivity index (χ4v) is 0. The van der Waals surface area contributed by atoms with Crippen molar-refractivity contribution >= 4 is 18.1 Å². The van der Waals surface area contributed by atoms with Gasteiger partial charge < -0.3 is 0 Å². The zero-order chi connectivity index (χ0) is 7.12. The summed E-state index contributed by atoms with van der Waals surface area (Å²) in [6.45, 7) is 0. The number of rotatable bonds is 1. The first-order valence-corrected chi connectivity index (χ1v) is 8.85. The molecule has 0 heterocycles. The maximum atomic E-state index is 2.37. The molecule has 8 heavy (non-hydrogen) atoms. The minimum absolute atomic E-state index is 1.58. The normalized spacial score (nSPS) is 21.8. The van der Waals surface area contributed by atoms with Crippen LogP contribution in [0, 0.1) is 0 Å². The molecule has 0 aliphatic heterocycles. The highest BCUT2D eigenvalue weighted by molar-refractivity contribution is 9.11. The molecule has 0 aromatic rings. The molecular formula is C6H18S2. The average Bonchev–Trinajstić information content (AvgIpc) is 1.30. The Labute approximate surface area is 56.1 Å². The summed E-state index contributed by atoms with van der Waals surface area (Å²) < 4.78 is 0. The maximum Gasteiger partial charge on any atom is -0.0107 e. The van der Waals surface area contributed by atoms with Crippen molar-refractivity contribution in [2.24, 2.45) is 0 Å². The van der Waals surface area contributed by atoms with Crippen molar-refractivity contribution in [3.63, 3.8) is 0 Å². The molecule has 0 radical (unpaired) electrons. The van der Waals surface area contributed by atoms with Gasteiger partial charge in [0.15, 0.2) is 0 Å². The maximum absolute atomic E-state index is 2.37. The molecule has 0 amide bonds. The second-order valence-electron chi connectivity index (χ2n) is 5.08. The molecule has 0 aliphatic rings. The highest BCUT2D eigenvalue weighted by Crippen LogP contribution is 2.84. The van der Waals surface area contributed by atoms with Crippen LogP contribution in [0.15, 0.2) is 0 Å². The van der Waals surface area contributed by atoms with Crippen molar-refractivity contribution in [1.82, 2.24) is 0 Å². The van der Waals surface area contributed by atoms with E-state index in [4.69, 9.17) is 0 Å². The van der Waals surface area contributed by atoms with Crippen molar-refractivity contribution < 1.29 is 0 Å². The summed E-state index contributed by atoms with van der Waals surface area (Å²) in [5.74, 6) is 0. The van der Waals surface area contributed by atoms with Gasteiger partial charge in [-0.3, -0.25) is 0 Å². The predicted molar refractivity (Wildman–Crippen MR) is 50.7 cm³/mol. The zero-order valence-electron chi connectivity index (χ0n) is 6.82. The Hall–Kier alpha value is 0.700. The molecule has 0 fully saturated rings. The Morgan fingerprint density at radius 1 is 0.875 bits per heavy atom. The second-order valence-corrected chi connectivity index (χ2v) is 21.2. The molecule has 0 N–H and O–H groups in total. The van der Waals surface area contributed by atoms with Gasteiger partial charge in [-0.15, -0.1) is 10.8 Å². The molecule has 0 rings (SSSR count). The van der Waals surface area contributed by atoms with Crippen molar-refractivity contribution in [2.75, 3.05) is 37.5 Å². The van der Waals surface area contributed by atoms with E-state index in [-0.39, 0.29) is 0 Å². The molecule has 0 spiro atoms. The monoisotopic (exact) mass is 154 g/mol. The van der Waals surface area contributed by atoms with E-state index in [9.17, 15) is 0 Å². The van der Waals surface area contributed by atoms with Crippen molar-refractivity contribution in [1.29, 1.82) is 0 Å². The molecule has 0 nitrogen and oxygen atoms in total. The van der Waals surface area contributed by atoms with Crippen LogP contribution in [-0.2, 0) is 0 Å². The topological polar surface area (TPSA) is 0 Å². The van der Waals surface area contributed by atoms with Crippen LogP contribution in [0.2, 0.25) is 0 Å². The van der Waals surface area contributed by atoms with Gasteiger partial charge >= 0.3 is 0 Å². The molecule has 0 saturated carbocycles. The fraction of sp³-hybridized carbons (Fsp3) is 1.00. The lowest BCUT2D eigenvalue weighted by Crippen LogP contribution is -2.23. The van der Waals surface area contributed by atoms with Gasteiger partial charge in [-0.2, -0.15) is 0 Å². The van der Waals surface area contributed by atoms with E-state index >= 15 is 0 Å². The molecule has 2 heteroatoms. The quantitative estimate of drug-likeness (QED) is 0.522. The van der Waals surface area contributed by atoms with Crippen molar-refractivity contribution in [2.45, 2.75) is 0 Å². The van der Waals surface area contributed by atoms with Crippen LogP contribution in [-0.4, -0.2) is 37.5 Å². The van der Waals surface area contributed by atoms with E-state index < -0.39 is 7.33 Å². The molecule has 0 bridgehead atoms. The summed E-state index contributed by atoms with van der Waals surface area (Å²) in [5.41, 5.74) is 0. The van der Waals surface area contributed by atoms with E-state index in [0.29, 0.717) is 0 Å². The Morgan fingerprint density at radius 3 is 1.00 bits per heavy atom. The first-order chi connectivity index (χ1) is 3.04. The molecule has 0 saturated heterocycles. The Kier molecular flexibility index (Phi) is 1.35. The van der Waals surface area contributed by atoms with Crippen LogP contribution in [0.3, 0.4) is 0 Å². The van der Waals surface area contributed by atoms with Gasteiger partial charge in [-0.25, -0.2) is 7.33 Å². The van der Waals surface area contributed by atoms with Crippen molar-refractivity contribution in [3.8, 4) is 0 Å². The van der Waals surface area contributed by atoms with E-state index in [1.807, 2.05) is 10.8 Å². The minimum atomic E-state index is -1.58. The number of hydrogen-bond donors (Lipinski definition) is 0. The summed E-state index contributed by atoms with van der Waals surface area (Å²) in [7, 11) is 0.420. The van der Waals surface area contributed by atoms with E-state index in [0.717, 1.165) is 0 Å². The molecule has 0 aliphatic carbocycles. The van der Waals surface area contributed by atoms with Crippen LogP contribution >= 0.6 is 18.1 Å². The van der Waals surface area contributed by atoms with Gasteiger partial charge in [0, 0.05) is 0 Å². The Bertz CT molecular complexity index is 89.7. The standard InChI is InChI=1S/C6H18S2/c1-7-8(2,3,4,5)6/h1-6H3. The molecule has 0 aromatic carbocycles. The summed E-state index contributed by atoms with van der Waals surface area (Å²) in [6, 6.07) is 0. The Balaban J connectivity index is 4.50. The molecule has 0 atom stereocenters. The van der Waals surface area contributed by atoms with E-state index in [1.165, 1.54) is 0 Å². The van der Waals surface area contributed by atoms with Crippen LogP contribution < -0.4 is 0 Å². The smallest absolute Gasteiger partial charge is 0.0107 e. The first-order valence-electron chi connectivity index (χ1n) is 2.62. The lowest BCUT2D eigenvalue weighted by atomic mass is 11.8. The molecule has 0 unspecified atom stereocenters. The summed E-state index contributed by atoms with van der Waals surface area (Å²) in [5, 5.41) is 0. The van der Waals surface area contributed by atoms with Crippen LogP contribution in [0.25, 0.3) is 0 Å². The van der Waals surface area contributed by atoms with Crippen LogP contribution in [0.5, 0.6) is 0 Å². The predicted octanol–water partition coefficient (Wildman–Crippen LogP) is 2.29. The van der Waals surface area contributed by atoms with E-state index in [2.05, 4.69) is 37.5 Å². The highest BCUT2D eigenvalue weighted by Gasteiger charge is 2.34. The SMILES string of the molecule is CSS(C)(C)(C)(C)C. The van der Waals surface area contributed by atoms with Gasteiger partial charge in [0.05, 0.1) is 0 Å². The van der Waals surface area contributed by atoms with Gasteiger partial charge in [0.25, 0.3) is 0 Å². The van der Waals surface area contributed by atoms with Gasteiger partial charge in [0.2, 0.25) is 0 Å². The van der Waals surface area contributed by atoms with Gasteiger partial charge in [0.1, 0.15) is 0 Å². The average molecular weight is 154 g/mol. The zero-order valence-corrected chi connectivity index (χ0v) is 8.45. The first kappa shape index (κ1) is 8.70. The summed E-state index contributed by atoms with van der Waals surface area (Å²) in [6.07, 6.45) is 14.0.